The van der Waals surface area contributed by atoms with Gasteiger partial charge in [0.05, 0.1) is 11.6 Å². The smallest absolute Gasteiger partial charge is 0.241 e. The molecule has 0 aliphatic carbocycles. The maximum atomic E-state index is 12.3. The summed E-state index contributed by atoms with van der Waals surface area (Å²) in [6.45, 7) is 7.60. The fraction of sp³-hybridized carbons (Fsp3) is 0.455. The number of nitrogens with zero attached hydrogens (tertiary/aromatic N) is 6. The molecule has 164 valence electrons. The highest BCUT2D eigenvalue weighted by atomic mass is 16.5. The maximum Gasteiger partial charge on any atom is 0.241 e. The molecule has 0 unspecified atom stereocenters. The maximum absolute atomic E-state index is 12.3. The lowest BCUT2D eigenvalue weighted by molar-refractivity contribution is -0.121. The average Bonchev–Trinajstić information content (AvgIpc) is 3.22. The predicted octanol–water partition coefficient (Wildman–Crippen LogP) is 1.70. The minimum absolute atomic E-state index is 0.0851. The van der Waals surface area contributed by atoms with Crippen LogP contribution in [0.2, 0.25) is 0 Å². The number of nitrogens with one attached hydrogen (secondary N) is 1. The zero-order valence-corrected chi connectivity index (χ0v) is 17.9. The van der Waals surface area contributed by atoms with Crippen molar-refractivity contribution >= 4 is 28.4 Å². The van der Waals surface area contributed by atoms with Crippen molar-refractivity contribution in [3.63, 3.8) is 0 Å². The predicted molar refractivity (Wildman–Crippen MR) is 120 cm³/mol. The first-order valence-corrected chi connectivity index (χ1v) is 10.8. The molecule has 1 saturated heterocycles. The van der Waals surface area contributed by atoms with E-state index in [9.17, 15) is 4.79 Å². The lowest BCUT2D eigenvalue weighted by Crippen LogP contribution is -2.46. The van der Waals surface area contributed by atoms with Gasteiger partial charge in [-0.2, -0.15) is 5.10 Å². The zero-order chi connectivity index (χ0) is 21.5. The number of carbonyl (C=O) groups excluding carboxylic acids is 1. The molecule has 2 aromatic heterocycles. The topological polar surface area (TPSA) is 88.4 Å². The lowest BCUT2D eigenvalue weighted by atomic mass is 10.2. The Morgan fingerprint density at radius 2 is 1.87 bits per heavy atom. The van der Waals surface area contributed by atoms with Gasteiger partial charge >= 0.3 is 0 Å². The third-order valence-electron chi connectivity index (χ3n) is 5.40. The summed E-state index contributed by atoms with van der Waals surface area (Å²) in [6, 6.07) is 10.5. The second-order valence-corrected chi connectivity index (χ2v) is 7.45. The highest BCUT2D eigenvalue weighted by molar-refractivity contribution is 5.88. The highest BCUT2D eigenvalue weighted by Crippen LogP contribution is 2.25. The van der Waals surface area contributed by atoms with Crippen LogP contribution in [0.4, 0.5) is 11.5 Å². The van der Waals surface area contributed by atoms with Gasteiger partial charge in [0.15, 0.2) is 5.65 Å². The fourth-order valence-corrected chi connectivity index (χ4v) is 3.80. The molecule has 4 rings (SSSR count). The molecule has 9 heteroatoms. The van der Waals surface area contributed by atoms with E-state index in [0.717, 1.165) is 43.8 Å². The number of hydrogen-bond acceptors (Lipinski definition) is 7. The molecule has 3 heterocycles. The number of aromatic nitrogens is 4. The van der Waals surface area contributed by atoms with Crippen molar-refractivity contribution in [2.75, 3.05) is 55.7 Å². The Morgan fingerprint density at radius 3 is 2.65 bits per heavy atom. The number of anilines is 2. The van der Waals surface area contributed by atoms with Gasteiger partial charge in [0, 0.05) is 51.6 Å². The van der Waals surface area contributed by atoms with E-state index >= 15 is 0 Å². The number of hydrogen-bond donors (Lipinski definition) is 1. The van der Waals surface area contributed by atoms with Crippen LogP contribution in [0.5, 0.6) is 0 Å². The number of rotatable bonds is 9. The van der Waals surface area contributed by atoms with Crippen LogP contribution in [0.3, 0.4) is 0 Å². The molecule has 0 atom stereocenters. The third kappa shape index (κ3) is 5.11. The molecular formula is C22H29N7O2. The second-order valence-electron chi connectivity index (χ2n) is 7.45. The van der Waals surface area contributed by atoms with Crippen molar-refractivity contribution in [1.82, 2.24) is 25.1 Å². The van der Waals surface area contributed by atoms with Crippen LogP contribution in [0.25, 0.3) is 11.0 Å². The molecule has 1 aliphatic rings. The van der Waals surface area contributed by atoms with Gasteiger partial charge in [0.2, 0.25) is 5.91 Å². The molecule has 1 amide bonds. The Bertz CT molecular complexity index is 984. The SMILES string of the molecule is CCOCCCNC(=O)Cn1ncc2c(N3CCN(c4ccccc4)CC3)ncnc21. The Labute approximate surface area is 182 Å². The van der Waals surface area contributed by atoms with Gasteiger partial charge in [-0.15, -0.1) is 0 Å². The van der Waals surface area contributed by atoms with Crippen molar-refractivity contribution in [3.8, 4) is 0 Å². The monoisotopic (exact) mass is 423 g/mol. The van der Waals surface area contributed by atoms with Gasteiger partial charge in [-0.25, -0.2) is 14.6 Å². The fourth-order valence-electron chi connectivity index (χ4n) is 3.80. The van der Waals surface area contributed by atoms with Crippen LogP contribution in [0, 0.1) is 0 Å². The molecule has 0 bridgehead atoms. The normalized spacial score (nSPS) is 14.2. The molecule has 1 aromatic carbocycles. The van der Waals surface area contributed by atoms with E-state index in [1.165, 1.54) is 5.69 Å². The van der Waals surface area contributed by atoms with Crippen LogP contribution in [-0.4, -0.2) is 71.6 Å². The largest absolute Gasteiger partial charge is 0.382 e. The van der Waals surface area contributed by atoms with E-state index < -0.39 is 0 Å². The van der Waals surface area contributed by atoms with E-state index in [0.29, 0.717) is 25.4 Å². The van der Waals surface area contributed by atoms with Crippen molar-refractivity contribution in [3.05, 3.63) is 42.9 Å². The summed E-state index contributed by atoms with van der Waals surface area (Å²) in [5, 5.41) is 8.18. The summed E-state index contributed by atoms with van der Waals surface area (Å²) in [5.74, 6) is 0.791. The first-order valence-electron chi connectivity index (χ1n) is 10.8. The minimum atomic E-state index is -0.0851. The standard InChI is InChI=1S/C22H29N7O2/c1-2-31-14-6-9-23-20(30)16-29-22-19(15-26-29)21(24-17-25-22)28-12-10-27(11-13-28)18-7-4-3-5-8-18/h3-5,7-8,15,17H,2,6,9-14,16H2,1H3,(H,23,30). The van der Waals surface area contributed by atoms with Crippen molar-refractivity contribution < 1.29 is 9.53 Å². The van der Waals surface area contributed by atoms with Crippen LogP contribution in [0.1, 0.15) is 13.3 Å². The number of ether oxygens (including phenoxy) is 1. The van der Waals surface area contributed by atoms with Gasteiger partial charge in [-0.1, -0.05) is 18.2 Å². The van der Waals surface area contributed by atoms with E-state index in [1.807, 2.05) is 13.0 Å². The summed E-state index contributed by atoms with van der Waals surface area (Å²) in [5.41, 5.74) is 1.93. The Kier molecular flexibility index (Phi) is 6.93. The van der Waals surface area contributed by atoms with E-state index in [-0.39, 0.29) is 12.5 Å². The molecule has 3 aromatic rings. The lowest BCUT2D eigenvalue weighted by Gasteiger charge is -2.36. The highest BCUT2D eigenvalue weighted by Gasteiger charge is 2.21. The summed E-state index contributed by atoms with van der Waals surface area (Å²) >= 11 is 0. The number of para-hydroxylation sites is 1. The molecule has 9 nitrogen and oxygen atoms in total. The van der Waals surface area contributed by atoms with E-state index in [1.54, 1.807) is 17.2 Å². The van der Waals surface area contributed by atoms with Crippen LogP contribution in [-0.2, 0) is 16.1 Å². The third-order valence-corrected chi connectivity index (χ3v) is 5.40. The van der Waals surface area contributed by atoms with Gasteiger partial charge in [0.1, 0.15) is 18.7 Å². The first-order chi connectivity index (χ1) is 15.3. The van der Waals surface area contributed by atoms with Crippen molar-refractivity contribution in [1.29, 1.82) is 0 Å². The molecule has 31 heavy (non-hydrogen) atoms. The number of carbonyl (C=O) groups is 1. The molecule has 0 radical (unpaired) electrons. The summed E-state index contributed by atoms with van der Waals surface area (Å²) in [7, 11) is 0. The Balaban J connectivity index is 1.38. The Morgan fingerprint density at radius 1 is 1.10 bits per heavy atom. The summed E-state index contributed by atoms with van der Waals surface area (Å²) in [4.78, 5) is 25.8. The van der Waals surface area contributed by atoms with Crippen molar-refractivity contribution in [2.45, 2.75) is 19.9 Å². The van der Waals surface area contributed by atoms with Crippen molar-refractivity contribution in [2.24, 2.45) is 0 Å². The molecule has 0 saturated carbocycles. The Hall–Kier alpha value is -3.20. The first kappa shape index (κ1) is 21.0. The summed E-state index contributed by atoms with van der Waals surface area (Å²) < 4.78 is 6.93. The number of benzene rings is 1. The number of fused-ring (bicyclic) bond motifs is 1. The second kappa shape index (κ2) is 10.2. The van der Waals surface area contributed by atoms with Gasteiger partial charge in [-0.3, -0.25) is 4.79 Å². The molecule has 0 spiro atoms. The van der Waals surface area contributed by atoms with E-state index in [4.69, 9.17) is 4.74 Å². The van der Waals surface area contributed by atoms with Gasteiger partial charge in [0.25, 0.3) is 0 Å². The number of amides is 1. The quantitative estimate of drug-likeness (QED) is 0.524. The van der Waals surface area contributed by atoms with Crippen LogP contribution in [0.15, 0.2) is 42.9 Å². The zero-order valence-electron chi connectivity index (χ0n) is 17.9. The van der Waals surface area contributed by atoms with Crippen LogP contribution >= 0.6 is 0 Å². The molecule has 1 aliphatic heterocycles. The van der Waals surface area contributed by atoms with E-state index in [2.05, 4.69) is 54.4 Å². The number of piperazine rings is 1. The van der Waals surface area contributed by atoms with Gasteiger partial charge in [-0.05, 0) is 25.5 Å². The summed E-state index contributed by atoms with van der Waals surface area (Å²) in [6.07, 6.45) is 4.11. The van der Waals surface area contributed by atoms with Gasteiger partial charge < -0.3 is 19.9 Å². The van der Waals surface area contributed by atoms with Crippen LogP contribution < -0.4 is 15.1 Å². The average molecular weight is 424 g/mol. The molecule has 1 fully saturated rings. The molecule has 1 N–H and O–H groups in total. The molecular weight excluding hydrogens is 394 g/mol. The minimum Gasteiger partial charge on any atom is -0.382 e.